The summed E-state index contributed by atoms with van der Waals surface area (Å²) in [4.78, 5) is 22.2. The topological polar surface area (TPSA) is 83.8 Å². The third-order valence-corrected chi connectivity index (χ3v) is 3.40. The molecule has 0 aliphatic carbocycles. The lowest BCUT2D eigenvalue weighted by Gasteiger charge is -2.00. The molecular formula is C12H9BrN4O2. The molecule has 6 nitrogen and oxygen atoms in total. The van der Waals surface area contributed by atoms with Crippen LogP contribution < -0.4 is 0 Å². The van der Waals surface area contributed by atoms with E-state index in [1.807, 2.05) is 29.8 Å². The zero-order valence-corrected chi connectivity index (χ0v) is 11.5. The lowest BCUT2D eigenvalue weighted by atomic mass is 10.3. The van der Waals surface area contributed by atoms with Gasteiger partial charge in [0.05, 0.1) is 17.4 Å². The molecule has 3 rings (SSSR count). The summed E-state index contributed by atoms with van der Waals surface area (Å²) in [5.41, 5.74) is 2.07. The molecule has 1 aromatic carbocycles. The first kappa shape index (κ1) is 11.9. The molecule has 2 heterocycles. The number of fused-ring (bicyclic) bond motifs is 1. The smallest absolute Gasteiger partial charge is 0.354 e. The Labute approximate surface area is 116 Å². The maximum absolute atomic E-state index is 11.1. The first-order valence-corrected chi connectivity index (χ1v) is 6.26. The number of carboxylic acid groups (broad SMARTS) is 1. The largest absolute Gasteiger partial charge is 0.477 e. The molecule has 0 radical (unpaired) electrons. The molecule has 0 fully saturated rings. The first-order valence-electron chi connectivity index (χ1n) is 5.47. The van der Waals surface area contributed by atoms with Crippen molar-refractivity contribution in [2.24, 2.45) is 7.05 Å². The van der Waals surface area contributed by atoms with Gasteiger partial charge in [-0.25, -0.2) is 14.8 Å². The SMILES string of the molecule is Cn1c(-c2nc[nH]c2C(=O)O)nc2cc(Br)ccc21. The van der Waals surface area contributed by atoms with E-state index < -0.39 is 5.97 Å². The van der Waals surface area contributed by atoms with Crippen LogP contribution >= 0.6 is 15.9 Å². The van der Waals surface area contributed by atoms with Crippen LogP contribution in [0, 0.1) is 0 Å². The van der Waals surface area contributed by atoms with E-state index in [9.17, 15) is 4.79 Å². The van der Waals surface area contributed by atoms with E-state index in [1.165, 1.54) is 6.33 Å². The Balaban J connectivity index is 2.28. The van der Waals surface area contributed by atoms with Crippen LogP contribution in [0.4, 0.5) is 0 Å². The number of H-pyrrole nitrogens is 1. The molecule has 0 unspecified atom stereocenters. The number of nitrogens with zero attached hydrogens (tertiary/aromatic N) is 3. The average Bonchev–Trinajstić information content (AvgIpc) is 2.94. The van der Waals surface area contributed by atoms with E-state index in [0.717, 1.165) is 15.5 Å². The van der Waals surface area contributed by atoms with Gasteiger partial charge in [-0.1, -0.05) is 15.9 Å². The van der Waals surface area contributed by atoms with E-state index >= 15 is 0 Å². The van der Waals surface area contributed by atoms with Crippen molar-refractivity contribution < 1.29 is 9.90 Å². The van der Waals surface area contributed by atoms with Crippen molar-refractivity contribution in [3.8, 4) is 11.5 Å². The first-order chi connectivity index (χ1) is 9.08. The minimum Gasteiger partial charge on any atom is -0.477 e. The molecule has 7 heteroatoms. The number of aromatic amines is 1. The summed E-state index contributed by atoms with van der Waals surface area (Å²) < 4.78 is 2.75. The number of imidazole rings is 2. The van der Waals surface area contributed by atoms with Crippen molar-refractivity contribution in [1.82, 2.24) is 19.5 Å². The van der Waals surface area contributed by atoms with Gasteiger partial charge >= 0.3 is 5.97 Å². The minimum atomic E-state index is -1.05. The Morgan fingerprint density at radius 2 is 2.26 bits per heavy atom. The Bertz CT molecular complexity index is 790. The van der Waals surface area contributed by atoms with E-state index in [2.05, 4.69) is 30.9 Å². The molecule has 0 saturated carbocycles. The Morgan fingerprint density at radius 3 is 3.00 bits per heavy atom. The second-order valence-corrected chi connectivity index (χ2v) is 4.97. The summed E-state index contributed by atoms with van der Waals surface area (Å²) in [7, 11) is 1.83. The van der Waals surface area contributed by atoms with E-state index in [4.69, 9.17) is 5.11 Å². The number of benzene rings is 1. The zero-order chi connectivity index (χ0) is 13.6. The van der Waals surface area contributed by atoms with Crippen LogP contribution in [0.25, 0.3) is 22.6 Å². The van der Waals surface area contributed by atoms with Crippen molar-refractivity contribution in [2.45, 2.75) is 0 Å². The molecule has 96 valence electrons. The van der Waals surface area contributed by atoms with E-state index in [1.54, 1.807) is 0 Å². The van der Waals surface area contributed by atoms with Crippen LogP contribution in [0.5, 0.6) is 0 Å². The van der Waals surface area contributed by atoms with Crippen molar-refractivity contribution >= 4 is 32.9 Å². The predicted molar refractivity (Wildman–Crippen MR) is 73.0 cm³/mol. The normalized spacial score (nSPS) is 11.1. The molecule has 0 aliphatic rings. The van der Waals surface area contributed by atoms with Crippen LogP contribution in [0.3, 0.4) is 0 Å². The maximum Gasteiger partial charge on any atom is 0.354 e. The lowest BCUT2D eigenvalue weighted by molar-refractivity contribution is 0.0692. The molecule has 19 heavy (non-hydrogen) atoms. The van der Waals surface area contributed by atoms with Gasteiger partial charge < -0.3 is 14.7 Å². The molecular weight excluding hydrogens is 312 g/mol. The fraction of sp³-hybridized carbons (Fsp3) is 0.0833. The number of rotatable bonds is 2. The van der Waals surface area contributed by atoms with Gasteiger partial charge in [-0.15, -0.1) is 0 Å². The van der Waals surface area contributed by atoms with Crippen LogP contribution in [0.1, 0.15) is 10.5 Å². The standard InChI is InChI=1S/C12H9BrN4O2/c1-17-8-3-2-6(13)4-7(8)16-11(17)9-10(12(18)19)15-5-14-9/h2-5H,1H3,(H,14,15)(H,18,19). The molecule has 2 N–H and O–H groups in total. The fourth-order valence-electron chi connectivity index (χ4n) is 2.01. The van der Waals surface area contributed by atoms with Crippen molar-refractivity contribution in [3.05, 3.63) is 34.7 Å². The van der Waals surface area contributed by atoms with Gasteiger partial charge in [-0.3, -0.25) is 0 Å². The van der Waals surface area contributed by atoms with Crippen LogP contribution in [-0.2, 0) is 7.05 Å². The van der Waals surface area contributed by atoms with Crippen molar-refractivity contribution in [1.29, 1.82) is 0 Å². The second-order valence-electron chi connectivity index (χ2n) is 4.06. The van der Waals surface area contributed by atoms with Gasteiger partial charge in [0.25, 0.3) is 0 Å². The van der Waals surface area contributed by atoms with Gasteiger partial charge in [0.1, 0.15) is 5.69 Å². The summed E-state index contributed by atoms with van der Waals surface area (Å²) >= 11 is 3.39. The number of aryl methyl sites for hydroxylation is 1. The Kier molecular flexibility index (Phi) is 2.63. The van der Waals surface area contributed by atoms with E-state index in [-0.39, 0.29) is 5.69 Å². The van der Waals surface area contributed by atoms with Gasteiger partial charge in [-0.05, 0) is 18.2 Å². The van der Waals surface area contributed by atoms with Crippen LogP contribution in [0.15, 0.2) is 29.0 Å². The molecule has 0 aliphatic heterocycles. The van der Waals surface area contributed by atoms with Gasteiger partial charge in [0, 0.05) is 11.5 Å². The molecule has 0 spiro atoms. The lowest BCUT2D eigenvalue weighted by Crippen LogP contribution is -2.02. The monoisotopic (exact) mass is 320 g/mol. The molecule has 0 atom stereocenters. The number of hydrogen-bond acceptors (Lipinski definition) is 3. The number of carboxylic acids is 1. The number of aromatic nitrogens is 4. The predicted octanol–water partition coefficient (Wildman–Crippen LogP) is 2.42. The third kappa shape index (κ3) is 1.82. The number of hydrogen-bond donors (Lipinski definition) is 2. The number of nitrogens with one attached hydrogen (secondary N) is 1. The summed E-state index contributed by atoms with van der Waals surface area (Å²) in [6.07, 6.45) is 1.36. The second kappa shape index (κ2) is 4.20. The number of aromatic carboxylic acids is 1. The quantitative estimate of drug-likeness (QED) is 0.759. The van der Waals surface area contributed by atoms with Crippen LogP contribution in [-0.4, -0.2) is 30.6 Å². The highest BCUT2D eigenvalue weighted by molar-refractivity contribution is 9.10. The Morgan fingerprint density at radius 1 is 1.47 bits per heavy atom. The summed E-state index contributed by atoms with van der Waals surface area (Å²) in [6, 6.07) is 5.71. The fourth-order valence-corrected chi connectivity index (χ4v) is 2.36. The molecule has 3 aromatic rings. The van der Waals surface area contributed by atoms with Gasteiger partial charge in [0.2, 0.25) is 0 Å². The number of carbonyl (C=O) groups is 1. The summed E-state index contributed by atoms with van der Waals surface area (Å²) in [5.74, 6) is -0.535. The Hall–Kier alpha value is -2.15. The van der Waals surface area contributed by atoms with Gasteiger partial charge in [-0.2, -0.15) is 0 Å². The summed E-state index contributed by atoms with van der Waals surface area (Å²) in [6.45, 7) is 0. The molecule has 2 aromatic heterocycles. The van der Waals surface area contributed by atoms with Crippen molar-refractivity contribution in [2.75, 3.05) is 0 Å². The summed E-state index contributed by atoms with van der Waals surface area (Å²) in [5, 5.41) is 9.11. The van der Waals surface area contributed by atoms with Gasteiger partial charge in [0.15, 0.2) is 11.5 Å². The minimum absolute atomic E-state index is 0.0393. The van der Waals surface area contributed by atoms with Crippen molar-refractivity contribution in [3.63, 3.8) is 0 Å². The zero-order valence-electron chi connectivity index (χ0n) is 9.88. The highest BCUT2D eigenvalue weighted by atomic mass is 79.9. The highest BCUT2D eigenvalue weighted by Crippen LogP contribution is 2.26. The molecule has 0 amide bonds. The molecule has 0 saturated heterocycles. The molecule has 0 bridgehead atoms. The third-order valence-electron chi connectivity index (χ3n) is 2.91. The average molecular weight is 321 g/mol. The highest BCUT2D eigenvalue weighted by Gasteiger charge is 2.19. The van der Waals surface area contributed by atoms with E-state index in [0.29, 0.717) is 11.5 Å². The number of halogens is 1. The maximum atomic E-state index is 11.1. The van der Waals surface area contributed by atoms with Crippen LogP contribution in [0.2, 0.25) is 0 Å².